The van der Waals surface area contributed by atoms with Crippen LogP contribution in [0, 0.1) is 5.92 Å². The highest BCUT2D eigenvalue weighted by Gasteiger charge is 2.39. The first-order valence-electron chi connectivity index (χ1n) is 9.69. The molecule has 2 atom stereocenters. The van der Waals surface area contributed by atoms with Crippen LogP contribution in [0.5, 0.6) is 5.75 Å². The highest BCUT2D eigenvalue weighted by Crippen LogP contribution is 2.34. The lowest BCUT2D eigenvalue weighted by atomic mass is 10.0. The average Bonchev–Trinajstić information content (AvgIpc) is 3.30. The minimum absolute atomic E-state index is 0. The fourth-order valence-corrected chi connectivity index (χ4v) is 3.92. The van der Waals surface area contributed by atoms with Crippen molar-refractivity contribution in [3.05, 3.63) is 24.3 Å². The Hall–Kier alpha value is -1.79. The second-order valence-electron chi connectivity index (χ2n) is 6.98. The van der Waals surface area contributed by atoms with Crippen LogP contribution in [0.2, 0.25) is 0 Å². The maximum Gasteiger partial charge on any atom is 0.228 e. The normalized spacial score (nSPS) is 21.9. The molecule has 1 aromatic rings. The summed E-state index contributed by atoms with van der Waals surface area (Å²) in [5.41, 5.74) is 0.763. The van der Waals surface area contributed by atoms with Gasteiger partial charge in [0.1, 0.15) is 5.75 Å². The number of carbonyl (C=O) groups excluding carboxylic acids is 2. The summed E-state index contributed by atoms with van der Waals surface area (Å²) in [6.07, 6.45) is 2.20. The van der Waals surface area contributed by atoms with Crippen LogP contribution in [0.15, 0.2) is 24.3 Å². The van der Waals surface area contributed by atoms with Crippen molar-refractivity contribution in [2.24, 2.45) is 5.92 Å². The maximum absolute atomic E-state index is 13.1. The molecule has 7 heteroatoms. The Kier molecular flexibility index (Phi) is 7.92. The number of carbonyl (C=O) groups is 2. The summed E-state index contributed by atoms with van der Waals surface area (Å²) >= 11 is 0. The largest absolute Gasteiger partial charge is 0.492 e. The fourth-order valence-electron chi connectivity index (χ4n) is 3.92. The van der Waals surface area contributed by atoms with Gasteiger partial charge in [0.15, 0.2) is 0 Å². The number of nitrogens with zero attached hydrogens (tertiary/aromatic N) is 2. The number of hydrogen-bond acceptors (Lipinski definition) is 4. The van der Waals surface area contributed by atoms with E-state index in [0.29, 0.717) is 18.9 Å². The molecule has 0 aliphatic carbocycles. The predicted octanol–water partition coefficient (Wildman–Crippen LogP) is 2.46. The lowest BCUT2D eigenvalue weighted by Crippen LogP contribution is -2.45. The molecule has 0 spiro atoms. The molecule has 6 nitrogen and oxygen atoms in total. The summed E-state index contributed by atoms with van der Waals surface area (Å²) < 4.78 is 5.66. The summed E-state index contributed by atoms with van der Waals surface area (Å²) in [6.45, 7) is 7.55. The van der Waals surface area contributed by atoms with E-state index in [1.165, 1.54) is 0 Å². The molecule has 0 radical (unpaired) electrons. The van der Waals surface area contributed by atoms with Crippen LogP contribution >= 0.6 is 12.4 Å². The molecule has 2 aliphatic heterocycles. The van der Waals surface area contributed by atoms with Gasteiger partial charge in [-0.3, -0.25) is 9.59 Å². The molecular weight excluding hydrogens is 366 g/mol. The third-order valence-corrected chi connectivity index (χ3v) is 5.15. The van der Waals surface area contributed by atoms with E-state index in [1.807, 2.05) is 36.1 Å². The Bertz CT molecular complexity index is 649. The number of rotatable bonds is 7. The first-order valence-corrected chi connectivity index (χ1v) is 9.69. The van der Waals surface area contributed by atoms with Gasteiger partial charge in [0.2, 0.25) is 11.8 Å². The number of amides is 2. The van der Waals surface area contributed by atoms with Crippen LogP contribution in [0.1, 0.15) is 33.1 Å². The van der Waals surface area contributed by atoms with E-state index in [1.54, 1.807) is 4.90 Å². The van der Waals surface area contributed by atoms with Crippen molar-refractivity contribution in [3.63, 3.8) is 0 Å². The SMILES string of the molecule is CCCN(C(=O)C1CC(=O)N(c2ccccc2OCC)C1)C1CCNC1.Cl. The molecule has 2 unspecified atom stereocenters. The molecule has 1 N–H and O–H groups in total. The molecule has 2 fully saturated rings. The van der Waals surface area contributed by atoms with Crippen LogP contribution in [-0.2, 0) is 9.59 Å². The summed E-state index contributed by atoms with van der Waals surface area (Å²) in [5.74, 6) is 0.535. The third kappa shape index (κ3) is 4.74. The number of benzene rings is 1. The second kappa shape index (κ2) is 9.95. The van der Waals surface area contributed by atoms with Gasteiger partial charge < -0.3 is 19.9 Å². The minimum Gasteiger partial charge on any atom is -0.492 e. The minimum atomic E-state index is -0.274. The third-order valence-electron chi connectivity index (χ3n) is 5.15. The Labute approximate surface area is 167 Å². The highest BCUT2D eigenvalue weighted by atomic mass is 35.5. The van der Waals surface area contributed by atoms with Crippen LogP contribution in [0.3, 0.4) is 0 Å². The maximum atomic E-state index is 13.1. The summed E-state index contributed by atoms with van der Waals surface area (Å²) in [5, 5.41) is 3.33. The number of anilines is 1. The van der Waals surface area contributed by atoms with Crippen molar-refractivity contribution < 1.29 is 14.3 Å². The van der Waals surface area contributed by atoms with Gasteiger partial charge in [-0.2, -0.15) is 0 Å². The van der Waals surface area contributed by atoms with Crippen molar-refractivity contribution in [1.82, 2.24) is 10.2 Å². The van der Waals surface area contributed by atoms with Crippen LogP contribution in [-0.4, -0.2) is 55.5 Å². The monoisotopic (exact) mass is 395 g/mol. The first kappa shape index (κ1) is 21.5. The lowest BCUT2D eigenvalue weighted by molar-refractivity contribution is -0.137. The average molecular weight is 396 g/mol. The number of ether oxygens (including phenoxy) is 1. The Morgan fingerprint density at radius 1 is 1.33 bits per heavy atom. The number of para-hydroxylation sites is 2. The zero-order valence-corrected chi connectivity index (χ0v) is 17.0. The molecular formula is C20H30ClN3O3. The smallest absolute Gasteiger partial charge is 0.228 e. The van der Waals surface area contributed by atoms with Gasteiger partial charge >= 0.3 is 0 Å². The van der Waals surface area contributed by atoms with E-state index < -0.39 is 0 Å². The van der Waals surface area contributed by atoms with Crippen LogP contribution in [0.4, 0.5) is 5.69 Å². The predicted molar refractivity (Wildman–Crippen MR) is 109 cm³/mol. The lowest BCUT2D eigenvalue weighted by Gasteiger charge is -2.30. The van der Waals surface area contributed by atoms with Crippen LogP contribution in [0.25, 0.3) is 0 Å². The van der Waals surface area contributed by atoms with E-state index >= 15 is 0 Å². The van der Waals surface area contributed by atoms with Gasteiger partial charge in [0.05, 0.1) is 18.2 Å². The Morgan fingerprint density at radius 2 is 2.11 bits per heavy atom. The standard InChI is InChI=1S/C20H29N3O3.ClH/c1-3-11-22(16-9-10-21-13-16)20(25)15-12-19(24)23(14-15)17-7-5-6-8-18(17)26-4-2;/h5-8,15-16,21H,3-4,9-14H2,1-2H3;1H. The zero-order valence-electron chi connectivity index (χ0n) is 16.1. The molecule has 150 valence electrons. The van der Waals surface area contributed by atoms with Crippen molar-refractivity contribution in [2.75, 3.05) is 37.7 Å². The highest BCUT2D eigenvalue weighted by molar-refractivity contribution is 6.01. The molecule has 2 saturated heterocycles. The van der Waals surface area contributed by atoms with Gasteiger partial charge in [-0.15, -0.1) is 12.4 Å². The van der Waals surface area contributed by atoms with Gasteiger partial charge in [-0.05, 0) is 38.4 Å². The first-order chi connectivity index (χ1) is 12.7. The van der Waals surface area contributed by atoms with Gasteiger partial charge in [-0.1, -0.05) is 19.1 Å². The molecule has 2 aliphatic rings. The summed E-state index contributed by atoms with van der Waals surface area (Å²) in [7, 11) is 0. The number of hydrogen-bond donors (Lipinski definition) is 1. The Morgan fingerprint density at radius 3 is 2.78 bits per heavy atom. The van der Waals surface area contributed by atoms with Gasteiger partial charge in [0.25, 0.3) is 0 Å². The molecule has 2 amide bonds. The molecule has 0 saturated carbocycles. The van der Waals surface area contributed by atoms with E-state index in [-0.39, 0.29) is 42.6 Å². The topological polar surface area (TPSA) is 61.9 Å². The second-order valence-corrected chi connectivity index (χ2v) is 6.98. The molecule has 2 heterocycles. The number of nitrogens with one attached hydrogen (secondary N) is 1. The zero-order chi connectivity index (χ0) is 18.5. The van der Waals surface area contributed by atoms with Crippen molar-refractivity contribution in [2.45, 2.75) is 39.2 Å². The van der Waals surface area contributed by atoms with E-state index in [4.69, 9.17) is 4.74 Å². The molecule has 1 aromatic carbocycles. The summed E-state index contributed by atoms with van der Waals surface area (Å²) in [6, 6.07) is 7.80. The van der Waals surface area contributed by atoms with E-state index in [0.717, 1.165) is 38.2 Å². The van der Waals surface area contributed by atoms with E-state index in [2.05, 4.69) is 12.2 Å². The molecule has 3 rings (SSSR count). The molecule has 0 bridgehead atoms. The van der Waals surface area contributed by atoms with E-state index in [9.17, 15) is 9.59 Å². The van der Waals surface area contributed by atoms with Crippen LogP contribution < -0.4 is 15.0 Å². The fraction of sp³-hybridized carbons (Fsp3) is 0.600. The molecule has 0 aromatic heterocycles. The quantitative estimate of drug-likeness (QED) is 0.770. The number of halogens is 1. The van der Waals surface area contributed by atoms with Crippen molar-refractivity contribution >= 4 is 29.9 Å². The van der Waals surface area contributed by atoms with Crippen molar-refractivity contribution in [3.8, 4) is 5.75 Å². The Balaban J connectivity index is 0.00000261. The molecule has 27 heavy (non-hydrogen) atoms. The van der Waals surface area contributed by atoms with Gasteiger partial charge in [-0.25, -0.2) is 0 Å². The van der Waals surface area contributed by atoms with Crippen molar-refractivity contribution in [1.29, 1.82) is 0 Å². The van der Waals surface area contributed by atoms with Gasteiger partial charge in [0, 0.05) is 32.1 Å². The summed E-state index contributed by atoms with van der Waals surface area (Å²) in [4.78, 5) is 29.5.